The van der Waals surface area contributed by atoms with Crippen LogP contribution in [-0.2, 0) is 0 Å². The maximum Gasteiger partial charge on any atom is 0.269 e. The van der Waals surface area contributed by atoms with Crippen LogP contribution in [0.4, 0.5) is 5.69 Å². The molecule has 0 aliphatic rings. The Kier molecular flexibility index (Phi) is 7.80. The Bertz CT molecular complexity index is 232. The molecule has 0 N–H and O–H groups in total. The van der Waals surface area contributed by atoms with Crippen molar-refractivity contribution in [2.45, 2.75) is 0 Å². The van der Waals surface area contributed by atoms with Crippen LogP contribution in [0.15, 0.2) is 30.3 Å². The molecule has 1 aromatic rings. The minimum atomic E-state index is -0.417. The molecule has 1 aromatic carbocycles. The van der Waals surface area contributed by atoms with Crippen molar-refractivity contribution in [3.63, 3.8) is 0 Å². The maximum atomic E-state index is 10.0. The fourth-order valence-corrected chi connectivity index (χ4v) is 0.550. The number of para-hydroxylation sites is 1. The first kappa shape index (κ1) is 12.1. The quantitative estimate of drug-likeness (QED) is 0.438. The number of hydrogen-bond acceptors (Lipinski definition) is 2. The normalized spacial score (nSPS) is 8.17. The maximum absolute atomic E-state index is 10.0. The largest absolute Gasteiger partial charge is 0.269 e. The summed E-state index contributed by atoms with van der Waals surface area (Å²) in [5.74, 6) is 0. The molecule has 0 heterocycles. The van der Waals surface area contributed by atoms with Gasteiger partial charge < -0.3 is 0 Å². The van der Waals surface area contributed by atoms with E-state index >= 15 is 0 Å². The minimum absolute atomic E-state index is 0.137. The molecule has 0 amide bonds. The molecule has 0 spiro atoms. The van der Waals surface area contributed by atoms with E-state index in [1.165, 1.54) is 12.1 Å². The molecule has 0 atom stereocenters. The summed E-state index contributed by atoms with van der Waals surface area (Å²) in [6, 6.07) is 7.93. The minimum Gasteiger partial charge on any atom is -0.258 e. The Morgan fingerprint density at radius 3 is 1.92 bits per heavy atom. The number of rotatable bonds is 1. The first-order chi connectivity index (χ1) is 5.72. The third-order valence-corrected chi connectivity index (χ3v) is 0.967. The van der Waals surface area contributed by atoms with Crippen LogP contribution in [0.3, 0.4) is 0 Å². The molecular weight excluding hydrogens is 357 g/mol. The zero-order valence-electron chi connectivity index (χ0n) is 5.81. The van der Waals surface area contributed by atoms with E-state index < -0.39 is 4.92 Å². The molecule has 0 bridgehead atoms. The van der Waals surface area contributed by atoms with E-state index in [1.54, 1.807) is 18.2 Å². The molecule has 0 saturated heterocycles. The standard InChI is InChI=1S/C6H5NO2.Br2Se/c8-7(9)6-4-2-1-3-5-6;1-3-2/h1-5H;. The zero-order chi connectivity index (χ0) is 9.40. The molecule has 66 valence electrons. The number of nitrogens with zero attached hydrogens (tertiary/aromatic N) is 1. The molecule has 0 aliphatic carbocycles. The molecule has 0 aromatic heterocycles. The third-order valence-electron chi connectivity index (χ3n) is 0.967. The zero-order valence-corrected chi connectivity index (χ0v) is 10.7. The van der Waals surface area contributed by atoms with Crippen molar-refractivity contribution in [1.82, 2.24) is 0 Å². The van der Waals surface area contributed by atoms with Gasteiger partial charge in [0.1, 0.15) is 0 Å². The molecule has 3 nitrogen and oxygen atoms in total. The van der Waals surface area contributed by atoms with Gasteiger partial charge in [-0.05, 0) is 0 Å². The van der Waals surface area contributed by atoms with Crippen molar-refractivity contribution in [2.24, 2.45) is 0 Å². The summed E-state index contributed by atoms with van der Waals surface area (Å²) in [5.41, 5.74) is 0.137. The van der Waals surface area contributed by atoms with Gasteiger partial charge in [0.2, 0.25) is 0 Å². The molecular formula is C6H5Br2NO2Se. The number of benzene rings is 1. The Hall–Kier alpha value is 0.0995. The van der Waals surface area contributed by atoms with Gasteiger partial charge in [0.25, 0.3) is 5.69 Å². The summed E-state index contributed by atoms with van der Waals surface area (Å²) in [6.45, 7) is 0. The Morgan fingerprint density at radius 1 is 1.25 bits per heavy atom. The smallest absolute Gasteiger partial charge is 0.258 e. The van der Waals surface area contributed by atoms with Gasteiger partial charge >= 0.3 is 39.6 Å². The molecule has 0 unspecified atom stereocenters. The first-order valence-corrected chi connectivity index (χ1v) is 10.8. The molecule has 12 heavy (non-hydrogen) atoms. The Balaban J connectivity index is 0.000000354. The van der Waals surface area contributed by atoms with Crippen molar-refractivity contribution in [3.8, 4) is 0 Å². The number of nitro benzene ring substituents is 1. The number of nitro groups is 1. The third kappa shape index (κ3) is 5.71. The summed E-state index contributed by atoms with van der Waals surface area (Å²) >= 11 is 6.75. The second-order valence-electron chi connectivity index (χ2n) is 1.65. The van der Waals surface area contributed by atoms with Crippen molar-refractivity contribution >= 4 is 45.2 Å². The van der Waals surface area contributed by atoms with Crippen LogP contribution >= 0.6 is 28.2 Å². The SMILES string of the molecule is Br[Se]Br.O=[N+]([O-])c1ccccc1. The van der Waals surface area contributed by atoms with E-state index in [-0.39, 0.29) is 5.69 Å². The van der Waals surface area contributed by atoms with Crippen molar-refractivity contribution < 1.29 is 4.92 Å². The van der Waals surface area contributed by atoms with Gasteiger partial charge in [-0.3, -0.25) is 10.1 Å². The number of non-ortho nitro benzene ring substituents is 1. The van der Waals surface area contributed by atoms with Gasteiger partial charge in [-0.15, -0.1) is 0 Å². The second-order valence-corrected chi connectivity index (χ2v) is 9.77. The van der Waals surface area contributed by atoms with E-state index in [9.17, 15) is 10.1 Å². The number of halogens is 2. The topological polar surface area (TPSA) is 43.1 Å². The summed E-state index contributed by atoms with van der Waals surface area (Å²) in [6.07, 6.45) is 0. The van der Waals surface area contributed by atoms with Crippen LogP contribution in [0.25, 0.3) is 0 Å². The van der Waals surface area contributed by atoms with Gasteiger partial charge in [0, 0.05) is 12.1 Å². The van der Waals surface area contributed by atoms with Crippen LogP contribution in [0.1, 0.15) is 0 Å². The predicted molar refractivity (Wildman–Crippen MR) is 56.7 cm³/mol. The molecule has 0 radical (unpaired) electrons. The van der Waals surface area contributed by atoms with Crippen LogP contribution in [0.5, 0.6) is 0 Å². The van der Waals surface area contributed by atoms with Crippen LogP contribution in [0, 0.1) is 10.1 Å². The van der Waals surface area contributed by atoms with E-state index in [2.05, 4.69) is 28.2 Å². The monoisotopic (exact) mass is 361 g/mol. The van der Waals surface area contributed by atoms with Crippen molar-refractivity contribution in [1.29, 1.82) is 0 Å². The van der Waals surface area contributed by atoms with Crippen LogP contribution < -0.4 is 0 Å². The summed E-state index contributed by atoms with van der Waals surface area (Å²) in [7, 11) is 0. The summed E-state index contributed by atoms with van der Waals surface area (Å²) in [5, 5.41) is 10.0. The van der Waals surface area contributed by atoms with Gasteiger partial charge in [-0.25, -0.2) is 0 Å². The summed E-state index contributed by atoms with van der Waals surface area (Å²) in [4.78, 5) is 9.59. The Morgan fingerprint density at radius 2 is 1.67 bits per heavy atom. The van der Waals surface area contributed by atoms with Gasteiger partial charge in [-0.2, -0.15) is 0 Å². The average Bonchev–Trinajstić information content (AvgIpc) is 2.07. The average molecular weight is 362 g/mol. The van der Waals surface area contributed by atoms with Crippen molar-refractivity contribution in [3.05, 3.63) is 40.4 Å². The van der Waals surface area contributed by atoms with Gasteiger partial charge in [0.15, 0.2) is 0 Å². The predicted octanol–water partition coefficient (Wildman–Crippen LogP) is 2.91. The molecule has 6 heteroatoms. The molecule has 1 rings (SSSR count). The van der Waals surface area contributed by atoms with Crippen LogP contribution in [0.2, 0.25) is 0 Å². The van der Waals surface area contributed by atoms with E-state index in [1.807, 2.05) is 0 Å². The summed E-state index contributed by atoms with van der Waals surface area (Å²) < 4.78 is 0. The molecule has 0 fully saturated rings. The van der Waals surface area contributed by atoms with Crippen LogP contribution in [-0.4, -0.2) is 16.3 Å². The van der Waals surface area contributed by atoms with E-state index in [4.69, 9.17) is 0 Å². The molecule has 0 saturated carbocycles. The molecule has 0 aliphatic heterocycles. The first-order valence-electron chi connectivity index (χ1n) is 2.81. The van der Waals surface area contributed by atoms with Gasteiger partial charge in [-0.1, -0.05) is 18.2 Å². The number of hydrogen-bond donors (Lipinski definition) is 0. The fraction of sp³-hybridized carbons (Fsp3) is 0. The van der Waals surface area contributed by atoms with E-state index in [0.29, 0.717) is 11.3 Å². The fourth-order valence-electron chi connectivity index (χ4n) is 0.550. The van der Waals surface area contributed by atoms with Gasteiger partial charge in [0.05, 0.1) is 4.92 Å². The Labute approximate surface area is 90.2 Å². The van der Waals surface area contributed by atoms with Crippen molar-refractivity contribution in [2.75, 3.05) is 0 Å². The van der Waals surface area contributed by atoms with E-state index in [0.717, 1.165) is 0 Å². The second kappa shape index (κ2) is 7.73.